The van der Waals surface area contributed by atoms with E-state index in [0.717, 1.165) is 25.9 Å². The smallest absolute Gasteiger partial charge is 0.305 e. The highest BCUT2D eigenvalue weighted by Gasteiger charge is 2.03. The SMILES string of the molecule is CCCCCCCCCCCCCCOC(=O)CCCOCCOCCOCCOCCCCCC. The summed E-state index contributed by atoms with van der Waals surface area (Å²) in [4.78, 5) is 11.8. The van der Waals surface area contributed by atoms with Crippen LogP contribution in [0.25, 0.3) is 0 Å². The van der Waals surface area contributed by atoms with E-state index >= 15 is 0 Å². The van der Waals surface area contributed by atoms with Crippen LogP contribution in [0.4, 0.5) is 0 Å². The lowest BCUT2D eigenvalue weighted by atomic mass is 10.1. The summed E-state index contributed by atoms with van der Waals surface area (Å²) in [5.41, 5.74) is 0. The van der Waals surface area contributed by atoms with Gasteiger partial charge in [-0.2, -0.15) is 0 Å². The molecule has 0 aliphatic rings. The monoisotopic (exact) mass is 516 g/mol. The van der Waals surface area contributed by atoms with Crippen LogP contribution >= 0.6 is 0 Å². The molecule has 0 saturated carbocycles. The van der Waals surface area contributed by atoms with Crippen LogP contribution in [-0.4, -0.2) is 65.4 Å². The second-order valence-electron chi connectivity index (χ2n) is 9.72. The molecule has 0 N–H and O–H groups in total. The van der Waals surface area contributed by atoms with Crippen LogP contribution in [0.5, 0.6) is 0 Å². The standard InChI is InChI=1S/C30H60O6/c1-3-5-7-9-10-11-12-13-14-15-16-18-23-36-30(31)20-19-22-33-25-27-35-29-28-34-26-24-32-21-17-8-6-4-2/h3-29H2,1-2H3. The molecule has 0 saturated heterocycles. The van der Waals surface area contributed by atoms with Crippen molar-refractivity contribution in [3.8, 4) is 0 Å². The van der Waals surface area contributed by atoms with Crippen molar-refractivity contribution in [3.05, 3.63) is 0 Å². The molecule has 0 aromatic carbocycles. The lowest BCUT2D eigenvalue weighted by molar-refractivity contribution is -0.144. The normalized spacial score (nSPS) is 11.3. The lowest BCUT2D eigenvalue weighted by Crippen LogP contribution is -2.12. The Balaban J connectivity index is 3.13. The average Bonchev–Trinajstić information content (AvgIpc) is 2.88. The summed E-state index contributed by atoms with van der Waals surface area (Å²) in [7, 11) is 0. The van der Waals surface area contributed by atoms with Gasteiger partial charge in [0.15, 0.2) is 0 Å². The topological polar surface area (TPSA) is 63.2 Å². The third-order valence-electron chi connectivity index (χ3n) is 6.19. The highest BCUT2D eigenvalue weighted by molar-refractivity contribution is 5.69. The summed E-state index contributed by atoms with van der Waals surface area (Å²) in [6.45, 7) is 9.90. The maximum atomic E-state index is 11.8. The Morgan fingerprint density at radius 3 is 1.19 bits per heavy atom. The molecule has 0 radical (unpaired) electrons. The van der Waals surface area contributed by atoms with Crippen molar-refractivity contribution in [2.75, 3.05) is 59.5 Å². The molecule has 0 aromatic heterocycles. The second-order valence-corrected chi connectivity index (χ2v) is 9.72. The molecule has 0 atom stereocenters. The predicted molar refractivity (Wildman–Crippen MR) is 149 cm³/mol. The number of ether oxygens (including phenoxy) is 5. The molecule has 0 amide bonds. The van der Waals surface area contributed by atoms with Gasteiger partial charge in [-0.05, 0) is 19.3 Å². The Hall–Kier alpha value is -0.690. The quantitative estimate of drug-likeness (QED) is 0.0696. The average molecular weight is 517 g/mol. The van der Waals surface area contributed by atoms with Crippen molar-refractivity contribution >= 4 is 5.97 Å². The largest absolute Gasteiger partial charge is 0.466 e. The first-order chi connectivity index (χ1) is 17.8. The highest BCUT2D eigenvalue weighted by Crippen LogP contribution is 2.12. The Morgan fingerprint density at radius 1 is 0.389 bits per heavy atom. The number of carbonyl (C=O) groups excluding carboxylic acids is 1. The molecule has 0 aliphatic heterocycles. The summed E-state index contributed by atoms with van der Waals surface area (Å²) < 4.78 is 27.3. The molecule has 36 heavy (non-hydrogen) atoms. The van der Waals surface area contributed by atoms with Gasteiger partial charge >= 0.3 is 5.97 Å². The van der Waals surface area contributed by atoms with E-state index in [9.17, 15) is 4.79 Å². The van der Waals surface area contributed by atoms with Crippen molar-refractivity contribution in [3.63, 3.8) is 0 Å². The molecular formula is C30H60O6. The first kappa shape index (κ1) is 35.3. The van der Waals surface area contributed by atoms with Crippen LogP contribution in [0.2, 0.25) is 0 Å². The summed E-state index contributed by atoms with van der Waals surface area (Å²) in [5, 5.41) is 0. The molecular weight excluding hydrogens is 456 g/mol. The zero-order valence-electron chi connectivity index (χ0n) is 24.0. The minimum atomic E-state index is -0.111. The van der Waals surface area contributed by atoms with Crippen LogP contribution in [-0.2, 0) is 28.5 Å². The number of rotatable bonds is 31. The van der Waals surface area contributed by atoms with Crippen LogP contribution in [0.1, 0.15) is 129 Å². The fraction of sp³-hybridized carbons (Fsp3) is 0.967. The molecule has 216 valence electrons. The molecule has 6 heteroatoms. The van der Waals surface area contributed by atoms with E-state index in [1.807, 2.05) is 0 Å². The third-order valence-corrected chi connectivity index (χ3v) is 6.19. The van der Waals surface area contributed by atoms with Gasteiger partial charge in [0.05, 0.1) is 46.2 Å². The van der Waals surface area contributed by atoms with Crippen molar-refractivity contribution in [2.24, 2.45) is 0 Å². The molecule has 0 heterocycles. The molecule has 0 aliphatic carbocycles. The molecule has 0 spiro atoms. The van der Waals surface area contributed by atoms with E-state index < -0.39 is 0 Å². The summed E-state index contributed by atoms with van der Waals surface area (Å²) in [6.07, 6.45) is 21.8. The lowest BCUT2D eigenvalue weighted by Gasteiger charge is -2.08. The first-order valence-corrected chi connectivity index (χ1v) is 15.3. The zero-order chi connectivity index (χ0) is 26.2. The predicted octanol–water partition coefficient (Wildman–Crippen LogP) is 7.66. The van der Waals surface area contributed by atoms with Crippen molar-refractivity contribution in [1.82, 2.24) is 0 Å². The Bertz CT molecular complexity index is 418. The Kier molecular flexibility index (Phi) is 31.7. The first-order valence-electron chi connectivity index (χ1n) is 15.3. The molecule has 6 nitrogen and oxygen atoms in total. The van der Waals surface area contributed by atoms with Gasteiger partial charge in [-0.15, -0.1) is 0 Å². The molecule has 0 unspecified atom stereocenters. The van der Waals surface area contributed by atoms with Crippen LogP contribution in [0, 0.1) is 0 Å². The number of hydrogen-bond acceptors (Lipinski definition) is 6. The van der Waals surface area contributed by atoms with E-state index in [2.05, 4.69) is 13.8 Å². The third kappa shape index (κ3) is 31.3. The maximum Gasteiger partial charge on any atom is 0.305 e. The van der Waals surface area contributed by atoms with Crippen LogP contribution < -0.4 is 0 Å². The number of hydrogen-bond donors (Lipinski definition) is 0. The Labute approximate surface area is 223 Å². The van der Waals surface area contributed by atoms with E-state index in [1.165, 1.54) is 83.5 Å². The van der Waals surface area contributed by atoms with Gasteiger partial charge in [0.1, 0.15) is 0 Å². The highest BCUT2D eigenvalue weighted by atomic mass is 16.6. The summed E-state index contributed by atoms with van der Waals surface area (Å²) in [5.74, 6) is -0.111. The number of esters is 1. The van der Waals surface area contributed by atoms with Gasteiger partial charge in [-0.25, -0.2) is 0 Å². The fourth-order valence-electron chi connectivity index (χ4n) is 3.91. The molecule has 0 bridgehead atoms. The Morgan fingerprint density at radius 2 is 0.722 bits per heavy atom. The van der Waals surface area contributed by atoms with Gasteiger partial charge in [0.2, 0.25) is 0 Å². The minimum absolute atomic E-state index is 0.111. The summed E-state index contributed by atoms with van der Waals surface area (Å²) in [6, 6.07) is 0. The van der Waals surface area contributed by atoms with E-state index in [-0.39, 0.29) is 5.97 Å². The second kappa shape index (κ2) is 32.3. The molecule has 0 aromatic rings. The molecule has 0 fully saturated rings. The van der Waals surface area contributed by atoms with Crippen LogP contribution in [0.15, 0.2) is 0 Å². The van der Waals surface area contributed by atoms with Gasteiger partial charge in [0, 0.05) is 19.6 Å². The van der Waals surface area contributed by atoms with E-state index in [1.54, 1.807) is 0 Å². The number of carbonyl (C=O) groups is 1. The van der Waals surface area contributed by atoms with E-state index in [0.29, 0.717) is 65.7 Å². The molecule has 0 rings (SSSR count). The van der Waals surface area contributed by atoms with Crippen molar-refractivity contribution in [1.29, 1.82) is 0 Å². The van der Waals surface area contributed by atoms with E-state index in [4.69, 9.17) is 23.7 Å². The minimum Gasteiger partial charge on any atom is -0.466 e. The van der Waals surface area contributed by atoms with Crippen LogP contribution in [0.3, 0.4) is 0 Å². The van der Waals surface area contributed by atoms with Gasteiger partial charge in [-0.1, -0.05) is 104 Å². The fourth-order valence-corrected chi connectivity index (χ4v) is 3.91. The van der Waals surface area contributed by atoms with Crippen molar-refractivity contribution in [2.45, 2.75) is 129 Å². The number of unbranched alkanes of at least 4 members (excludes halogenated alkanes) is 14. The van der Waals surface area contributed by atoms with Gasteiger partial charge in [0.25, 0.3) is 0 Å². The van der Waals surface area contributed by atoms with Crippen molar-refractivity contribution < 1.29 is 28.5 Å². The van der Waals surface area contributed by atoms with Gasteiger partial charge < -0.3 is 23.7 Å². The maximum absolute atomic E-state index is 11.8. The zero-order valence-corrected chi connectivity index (χ0v) is 24.0. The van der Waals surface area contributed by atoms with Gasteiger partial charge in [-0.3, -0.25) is 4.79 Å². The summed E-state index contributed by atoms with van der Waals surface area (Å²) >= 11 is 0.